The van der Waals surface area contributed by atoms with Gasteiger partial charge in [-0.05, 0) is 49.3 Å². The summed E-state index contributed by atoms with van der Waals surface area (Å²) in [6.45, 7) is 2.25. The summed E-state index contributed by atoms with van der Waals surface area (Å²) in [4.78, 5) is 0. The predicted octanol–water partition coefficient (Wildman–Crippen LogP) is 4.91. The van der Waals surface area contributed by atoms with Crippen LogP contribution >= 0.6 is 11.6 Å². The standard InChI is InChI=1S/C16H23ClO/c1-2-4-13-5-3-11-16(18,12-10-13)14-6-8-15(17)9-7-14/h6-9,13,18H,2-5,10-12H2,1H3. The van der Waals surface area contributed by atoms with E-state index in [1.807, 2.05) is 24.3 Å². The van der Waals surface area contributed by atoms with E-state index in [2.05, 4.69) is 6.92 Å². The summed E-state index contributed by atoms with van der Waals surface area (Å²) < 4.78 is 0. The van der Waals surface area contributed by atoms with E-state index in [1.54, 1.807) is 0 Å². The van der Waals surface area contributed by atoms with Crippen molar-refractivity contribution in [1.82, 2.24) is 0 Å². The van der Waals surface area contributed by atoms with Crippen molar-refractivity contribution in [3.63, 3.8) is 0 Å². The lowest BCUT2D eigenvalue weighted by atomic mass is 9.86. The fourth-order valence-electron chi connectivity index (χ4n) is 3.14. The highest BCUT2D eigenvalue weighted by atomic mass is 35.5. The number of rotatable bonds is 3. The molecule has 1 aliphatic rings. The maximum absolute atomic E-state index is 10.9. The zero-order valence-electron chi connectivity index (χ0n) is 11.2. The van der Waals surface area contributed by atoms with Crippen LogP contribution in [0.15, 0.2) is 24.3 Å². The van der Waals surface area contributed by atoms with E-state index in [0.29, 0.717) is 0 Å². The highest BCUT2D eigenvalue weighted by molar-refractivity contribution is 6.30. The maximum atomic E-state index is 10.9. The molecule has 2 atom stereocenters. The van der Waals surface area contributed by atoms with Gasteiger partial charge in [0.15, 0.2) is 0 Å². The summed E-state index contributed by atoms with van der Waals surface area (Å²) in [6, 6.07) is 7.71. The van der Waals surface area contributed by atoms with Gasteiger partial charge in [0, 0.05) is 5.02 Å². The Morgan fingerprint density at radius 3 is 2.61 bits per heavy atom. The molecule has 0 heterocycles. The van der Waals surface area contributed by atoms with Crippen molar-refractivity contribution in [2.45, 2.75) is 57.5 Å². The van der Waals surface area contributed by atoms with Crippen molar-refractivity contribution in [1.29, 1.82) is 0 Å². The van der Waals surface area contributed by atoms with E-state index in [1.165, 1.54) is 19.3 Å². The third kappa shape index (κ3) is 3.27. The van der Waals surface area contributed by atoms with Crippen LogP contribution in [-0.2, 0) is 5.60 Å². The van der Waals surface area contributed by atoms with Crippen molar-refractivity contribution < 1.29 is 5.11 Å². The van der Waals surface area contributed by atoms with Crippen molar-refractivity contribution in [3.8, 4) is 0 Å². The molecular formula is C16H23ClO. The van der Waals surface area contributed by atoms with Crippen LogP contribution in [0.1, 0.15) is 57.4 Å². The first-order valence-electron chi connectivity index (χ1n) is 7.12. The van der Waals surface area contributed by atoms with Crippen LogP contribution < -0.4 is 0 Å². The van der Waals surface area contributed by atoms with Gasteiger partial charge < -0.3 is 5.11 Å². The van der Waals surface area contributed by atoms with E-state index >= 15 is 0 Å². The molecule has 1 aliphatic carbocycles. The lowest BCUT2D eigenvalue weighted by molar-refractivity contribution is 0.0195. The van der Waals surface area contributed by atoms with Crippen LogP contribution in [0.4, 0.5) is 0 Å². The largest absolute Gasteiger partial charge is 0.385 e. The number of benzene rings is 1. The molecule has 2 unspecified atom stereocenters. The first-order valence-corrected chi connectivity index (χ1v) is 7.50. The molecular weight excluding hydrogens is 244 g/mol. The monoisotopic (exact) mass is 266 g/mol. The topological polar surface area (TPSA) is 20.2 Å². The molecule has 1 N–H and O–H groups in total. The minimum atomic E-state index is -0.632. The Bertz CT molecular complexity index is 373. The smallest absolute Gasteiger partial charge is 0.0896 e. The minimum absolute atomic E-state index is 0.632. The normalized spacial score (nSPS) is 28.9. The molecule has 1 saturated carbocycles. The van der Waals surface area contributed by atoms with Crippen LogP contribution in [-0.4, -0.2) is 5.11 Å². The van der Waals surface area contributed by atoms with Gasteiger partial charge in [-0.1, -0.05) is 49.9 Å². The number of hydrogen-bond acceptors (Lipinski definition) is 1. The summed E-state index contributed by atoms with van der Waals surface area (Å²) >= 11 is 5.91. The molecule has 1 fully saturated rings. The van der Waals surface area contributed by atoms with Gasteiger partial charge in [-0.2, -0.15) is 0 Å². The van der Waals surface area contributed by atoms with E-state index in [-0.39, 0.29) is 0 Å². The van der Waals surface area contributed by atoms with Crippen molar-refractivity contribution >= 4 is 11.6 Å². The van der Waals surface area contributed by atoms with Crippen LogP contribution in [0.25, 0.3) is 0 Å². The van der Waals surface area contributed by atoms with Gasteiger partial charge in [0.25, 0.3) is 0 Å². The second-order valence-corrected chi connectivity index (χ2v) is 6.06. The van der Waals surface area contributed by atoms with Gasteiger partial charge in [0.05, 0.1) is 5.60 Å². The summed E-state index contributed by atoms with van der Waals surface area (Å²) in [6.07, 6.45) is 7.87. The molecule has 0 spiro atoms. The fourth-order valence-corrected chi connectivity index (χ4v) is 3.27. The molecule has 2 heteroatoms. The minimum Gasteiger partial charge on any atom is -0.385 e. The summed E-state index contributed by atoms with van der Waals surface area (Å²) in [5, 5.41) is 11.6. The third-order valence-electron chi connectivity index (χ3n) is 4.25. The molecule has 0 radical (unpaired) electrons. The van der Waals surface area contributed by atoms with Gasteiger partial charge in [0.1, 0.15) is 0 Å². The molecule has 0 aliphatic heterocycles. The first kappa shape index (κ1) is 13.9. The Labute approximate surface area is 115 Å². The van der Waals surface area contributed by atoms with Gasteiger partial charge in [0.2, 0.25) is 0 Å². The Kier molecular flexibility index (Phi) is 4.69. The zero-order chi connectivity index (χ0) is 13.0. The molecule has 1 aromatic carbocycles. The highest BCUT2D eigenvalue weighted by Crippen LogP contribution is 2.39. The molecule has 100 valence electrons. The van der Waals surface area contributed by atoms with Crippen LogP contribution in [0.3, 0.4) is 0 Å². The Morgan fingerprint density at radius 1 is 1.22 bits per heavy atom. The molecule has 18 heavy (non-hydrogen) atoms. The average Bonchev–Trinajstić information content (AvgIpc) is 2.54. The van der Waals surface area contributed by atoms with E-state index in [0.717, 1.165) is 42.2 Å². The number of halogens is 1. The van der Waals surface area contributed by atoms with Crippen molar-refractivity contribution in [3.05, 3.63) is 34.9 Å². The van der Waals surface area contributed by atoms with E-state index in [9.17, 15) is 5.11 Å². The molecule has 2 rings (SSSR count). The Morgan fingerprint density at radius 2 is 1.94 bits per heavy atom. The van der Waals surface area contributed by atoms with E-state index < -0.39 is 5.60 Å². The second kappa shape index (κ2) is 6.08. The number of aliphatic hydroxyl groups is 1. The Hall–Kier alpha value is -0.530. The first-order chi connectivity index (χ1) is 8.64. The maximum Gasteiger partial charge on any atom is 0.0896 e. The van der Waals surface area contributed by atoms with Gasteiger partial charge in [-0.25, -0.2) is 0 Å². The van der Waals surface area contributed by atoms with Crippen molar-refractivity contribution in [2.24, 2.45) is 5.92 Å². The number of hydrogen-bond donors (Lipinski definition) is 1. The summed E-state index contributed by atoms with van der Waals surface area (Å²) in [5.41, 5.74) is 0.400. The Balaban J connectivity index is 2.09. The lowest BCUT2D eigenvalue weighted by Gasteiger charge is -2.27. The lowest BCUT2D eigenvalue weighted by Crippen LogP contribution is -2.24. The van der Waals surface area contributed by atoms with Crippen LogP contribution in [0, 0.1) is 5.92 Å². The fraction of sp³-hybridized carbons (Fsp3) is 0.625. The highest BCUT2D eigenvalue weighted by Gasteiger charge is 2.32. The molecule has 0 bridgehead atoms. The zero-order valence-corrected chi connectivity index (χ0v) is 11.9. The van der Waals surface area contributed by atoms with E-state index in [4.69, 9.17) is 11.6 Å². The molecule has 1 aromatic rings. The second-order valence-electron chi connectivity index (χ2n) is 5.62. The predicted molar refractivity (Wildman–Crippen MR) is 76.8 cm³/mol. The average molecular weight is 267 g/mol. The molecule has 0 aromatic heterocycles. The molecule has 1 nitrogen and oxygen atoms in total. The van der Waals surface area contributed by atoms with Crippen molar-refractivity contribution in [2.75, 3.05) is 0 Å². The summed E-state index contributed by atoms with van der Waals surface area (Å²) in [7, 11) is 0. The van der Waals surface area contributed by atoms with Crippen LogP contribution in [0.5, 0.6) is 0 Å². The third-order valence-corrected chi connectivity index (χ3v) is 4.50. The van der Waals surface area contributed by atoms with Gasteiger partial charge in [-0.3, -0.25) is 0 Å². The van der Waals surface area contributed by atoms with Gasteiger partial charge >= 0.3 is 0 Å². The molecule has 0 saturated heterocycles. The SMILES string of the molecule is CCCC1CCCC(O)(c2ccc(Cl)cc2)CC1. The van der Waals surface area contributed by atoms with Crippen LogP contribution in [0.2, 0.25) is 5.02 Å². The quantitative estimate of drug-likeness (QED) is 0.771. The summed E-state index contributed by atoms with van der Waals surface area (Å²) in [5.74, 6) is 0.802. The van der Waals surface area contributed by atoms with Gasteiger partial charge in [-0.15, -0.1) is 0 Å². The molecule has 0 amide bonds.